The van der Waals surface area contributed by atoms with Gasteiger partial charge in [-0.25, -0.2) is 0 Å². The molecule has 3 heteroatoms. The van der Waals surface area contributed by atoms with E-state index >= 15 is 0 Å². The van der Waals surface area contributed by atoms with Gasteiger partial charge in [-0.1, -0.05) is 78.9 Å². The highest BCUT2D eigenvalue weighted by Crippen LogP contribution is 2.29. The summed E-state index contributed by atoms with van der Waals surface area (Å²) in [4.78, 5) is 15.4. The van der Waals surface area contributed by atoms with Crippen LogP contribution in [0.2, 0.25) is 0 Å². The number of rotatable bonds is 5. The number of likely N-dealkylation sites (tertiary alicyclic amines) is 1. The van der Waals surface area contributed by atoms with Crippen molar-refractivity contribution in [1.29, 1.82) is 0 Å². The van der Waals surface area contributed by atoms with E-state index < -0.39 is 0 Å². The van der Waals surface area contributed by atoms with Gasteiger partial charge in [0.2, 0.25) is 5.91 Å². The SMILES string of the molecule is O=C(Nc1ccccc1-c1ccccc1)C1CCCN(Cc2ccccc2)C1. The van der Waals surface area contributed by atoms with Gasteiger partial charge in [0.15, 0.2) is 0 Å². The quantitative estimate of drug-likeness (QED) is 0.669. The van der Waals surface area contributed by atoms with E-state index in [2.05, 4.69) is 52.7 Å². The first-order valence-electron chi connectivity index (χ1n) is 10.0. The van der Waals surface area contributed by atoms with E-state index in [4.69, 9.17) is 0 Å². The number of benzene rings is 3. The van der Waals surface area contributed by atoms with Gasteiger partial charge in [-0.15, -0.1) is 0 Å². The number of para-hydroxylation sites is 1. The Morgan fingerprint density at radius 2 is 1.57 bits per heavy atom. The Bertz CT molecular complexity index is 908. The Morgan fingerprint density at radius 3 is 2.36 bits per heavy atom. The van der Waals surface area contributed by atoms with Crippen molar-refractivity contribution in [3.05, 3.63) is 90.5 Å². The van der Waals surface area contributed by atoms with E-state index in [9.17, 15) is 4.79 Å². The van der Waals surface area contributed by atoms with Gasteiger partial charge in [0, 0.05) is 24.3 Å². The van der Waals surface area contributed by atoms with E-state index in [1.54, 1.807) is 0 Å². The molecule has 3 aromatic rings. The lowest BCUT2D eigenvalue weighted by Gasteiger charge is -2.32. The molecular weight excluding hydrogens is 344 g/mol. The second-order valence-corrected chi connectivity index (χ2v) is 7.46. The van der Waals surface area contributed by atoms with Crippen LogP contribution in [-0.2, 0) is 11.3 Å². The molecule has 1 atom stereocenters. The molecule has 3 nitrogen and oxygen atoms in total. The number of hydrogen-bond acceptors (Lipinski definition) is 2. The van der Waals surface area contributed by atoms with Gasteiger partial charge < -0.3 is 5.32 Å². The molecule has 4 rings (SSSR count). The van der Waals surface area contributed by atoms with Crippen LogP contribution in [0.5, 0.6) is 0 Å². The van der Waals surface area contributed by atoms with Crippen molar-refractivity contribution in [2.45, 2.75) is 19.4 Å². The molecule has 0 saturated carbocycles. The normalized spacial score (nSPS) is 17.2. The van der Waals surface area contributed by atoms with Crippen molar-refractivity contribution in [3.63, 3.8) is 0 Å². The van der Waals surface area contributed by atoms with E-state index in [1.165, 1.54) is 5.56 Å². The summed E-state index contributed by atoms with van der Waals surface area (Å²) in [5, 5.41) is 3.20. The lowest BCUT2D eigenvalue weighted by Crippen LogP contribution is -2.40. The minimum Gasteiger partial charge on any atom is -0.325 e. The predicted molar refractivity (Wildman–Crippen MR) is 115 cm³/mol. The molecule has 1 N–H and O–H groups in total. The molecule has 0 radical (unpaired) electrons. The van der Waals surface area contributed by atoms with Gasteiger partial charge in [-0.05, 0) is 36.6 Å². The molecule has 1 saturated heterocycles. The molecular formula is C25H26N2O. The number of carbonyl (C=O) groups excluding carboxylic acids is 1. The zero-order chi connectivity index (χ0) is 19.2. The van der Waals surface area contributed by atoms with Gasteiger partial charge in [0.1, 0.15) is 0 Å². The van der Waals surface area contributed by atoms with Crippen molar-refractivity contribution in [2.75, 3.05) is 18.4 Å². The molecule has 1 aliphatic rings. The van der Waals surface area contributed by atoms with E-state index in [1.807, 2.05) is 42.5 Å². The number of nitrogens with zero attached hydrogens (tertiary/aromatic N) is 1. The number of anilines is 1. The average molecular weight is 370 g/mol. The molecule has 0 bridgehead atoms. The average Bonchev–Trinajstić information content (AvgIpc) is 2.76. The second-order valence-electron chi connectivity index (χ2n) is 7.46. The fourth-order valence-corrected chi connectivity index (χ4v) is 3.95. The Kier molecular flexibility index (Phi) is 5.83. The standard InChI is InChI=1S/C25H26N2O/c28-25(22-14-9-17-27(19-22)18-20-10-3-1-4-11-20)26-24-16-8-7-15-23(24)21-12-5-2-6-13-21/h1-8,10-13,15-16,22H,9,14,17-19H2,(H,26,28). The highest BCUT2D eigenvalue weighted by Gasteiger charge is 2.26. The Labute approximate surface area is 167 Å². The summed E-state index contributed by atoms with van der Waals surface area (Å²) in [5.74, 6) is 0.155. The molecule has 1 amide bonds. The smallest absolute Gasteiger partial charge is 0.228 e. The van der Waals surface area contributed by atoms with Crippen LogP contribution in [0.3, 0.4) is 0 Å². The maximum atomic E-state index is 13.0. The third-order valence-electron chi connectivity index (χ3n) is 5.40. The molecule has 1 fully saturated rings. The molecule has 3 aromatic carbocycles. The minimum absolute atomic E-state index is 0.0290. The Balaban J connectivity index is 1.44. The van der Waals surface area contributed by atoms with E-state index in [-0.39, 0.29) is 11.8 Å². The predicted octanol–water partition coefficient (Wildman–Crippen LogP) is 5.20. The maximum Gasteiger partial charge on any atom is 0.228 e. The summed E-state index contributed by atoms with van der Waals surface area (Å²) in [7, 11) is 0. The van der Waals surface area contributed by atoms with Gasteiger partial charge >= 0.3 is 0 Å². The number of piperidine rings is 1. The summed E-state index contributed by atoms with van der Waals surface area (Å²) >= 11 is 0. The molecule has 1 unspecified atom stereocenters. The van der Waals surface area contributed by atoms with Gasteiger partial charge in [-0.3, -0.25) is 9.69 Å². The maximum absolute atomic E-state index is 13.0. The van der Waals surface area contributed by atoms with Crippen LogP contribution < -0.4 is 5.32 Å². The topological polar surface area (TPSA) is 32.3 Å². The van der Waals surface area contributed by atoms with Crippen LogP contribution in [-0.4, -0.2) is 23.9 Å². The van der Waals surface area contributed by atoms with Crippen molar-refractivity contribution >= 4 is 11.6 Å². The van der Waals surface area contributed by atoms with Gasteiger partial charge in [0.25, 0.3) is 0 Å². The lowest BCUT2D eigenvalue weighted by atomic mass is 9.96. The fraction of sp³-hybridized carbons (Fsp3) is 0.240. The van der Waals surface area contributed by atoms with Crippen molar-refractivity contribution in [1.82, 2.24) is 4.90 Å². The first kappa shape index (κ1) is 18.5. The molecule has 0 spiro atoms. The number of hydrogen-bond donors (Lipinski definition) is 1. The molecule has 0 aliphatic carbocycles. The number of amides is 1. The van der Waals surface area contributed by atoms with Gasteiger partial charge in [0.05, 0.1) is 5.92 Å². The molecule has 1 heterocycles. The first-order chi connectivity index (χ1) is 13.8. The summed E-state index contributed by atoms with van der Waals surface area (Å²) in [6, 6.07) is 28.7. The van der Waals surface area contributed by atoms with E-state index in [0.29, 0.717) is 0 Å². The zero-order valence-corrected chi connectivity index (χ0v) is 16.1. The highest BCUT2D eigenvalue weighted by atomic mass is 16.1. The number of carbonyl (C=O) groups is 1. The van der Waals surface area contributed by atoms with Gasteiger partial charge in [-0.2, -0.15) is 0 Å². The highest BCUT2D eigenvalue weighted by molar-refractivity contribution is 5.96. The van der Waals surface area contributed by atoms with Crippen molar-refractivity contribution < 1.29 is 4.79 Å². The first-order valence-corrected chi connectivity index (χ1v) is 10.0. The van der Waals surface area contributed by atoms with Crippen LogP contribution in [0, 0.1) is 5.92 Å². The van der Waals surface area contributed by atoms with Crippen LogP contribution in [0.4, 0.5) is 5.69 Å². The van der Waals surface area contributed by atoms with Crippen LogP contribution in [0.25, 0.3) is 11.1 Å². The monoisotopic (exact) mass is 370 g/mol. The third kappa shape index (κ3) is 4.49. The summed E-state index contributed by atoms with van der Waals surface area (Å²) < 4.78 is 0. The molecule has 1 aliphatic heterocycles. The van der Waals surface area contributed by atoms with Crippen LogP contribution >= 0.6 is 0 Å². The molecule has 28 heavy (non-hydrogen) atoms. The molecule has 0 aromatic heterocycles. The largest absolute Gasteiger partial charge is 0.325 e. The van der Waals surface area contributed by atoms with Crippen molar-refractivity contribution in [2.24, 2.45) is 5.92 Å². The lowest BCUT2D eigenvalue weighted by molar-refractivity contribution is -0.121. The second kappa shape index (κ2) is 8.85. The van der Waals surface area contributed by atoms with Crippen LogP contribution in [0.1, 0.15) is 18.4 Å². The minimum atomic E-state index is 0.0290. The van der Waals surface area contributed by atoms with E-state index in [0.717, 1.165) is 49.3 Å². The Hall–Kier alpha value is -2.91. The number of nitrogens with one attached hydrogen (secondary N) is 1. The third-order valence-corrected chi connectivity index (χ3v) is 5.40. The Morgan fingerprint density at radius 1 is 0.893 bits per heavy atom. The zero-order valence-electron chi connectivity index (χ0n) is 16.1. The molecule has 142 valence electrons. The van der Waals surface area contributed by atoms with Crippen molar-refractivity contribution in [3.8, 4) is 11.1 Å². The fourth-order valence-electron chi connectivity index (χ4n) is 3.95. The summed E-state index contributed by atoms with van der Waals surface area (Å²) in [6.45, 7) is 2.78. The summed E-state index contributed by atoms with van der Waals surface area (Å²) in [5.41, 5.74) is 4.37. The summed E-state index contributed by atoms with van der Waals surface area (Å²) in [6.07, 6.45) is 2.01. The van der Waals surface area contributed by atoms with Crippen LogP contribution in [0.15, 0.2) is 84.9 Å².